The number of benzene rings is 1. The van der Waals surface area contributed by atoms with Crippen LogP contribution in [0.15, 0.2) is 45.9 Å². The third-order valence-corrected chi connectivity index (χ3v) is 4.61. The Morgan fingerprint density at radius 1 is 1.31 bits per heavy atom. The van der Waals surface area contributed by atoms with Crippen molar-refractivity contribution in [2.75, 3.05) is 20.8 Å². The molecule has 1 amide bonds. The molecule has 1 aromatic carbocycles. The molecule has 0 unspecified atom stereocenters. The molecule has 0 aliphatic carbocycles. The van der Waals surface area contributed by atoms with Crippen molar-refractivity contribution < 1.29 is 28.3 Å². The topological polar surface area (TPSA) is 162 Å². The summed E-state index contributed by atoms with van der Waals surface area (Å²) in [4.78, 5) is 26.8. The summed E-state index contributed by atoms with van der Waals surface area (Å²) < 4.78 is 21.4. The fraction of sp³-hybridized carbons (Fsp3) is 0.217. The van der Waals surface area contributed by atoms with Crippen molar-refractivity contribution in [3.05, 3.63) is 69.1 Å². The van der Waals surface area contributed by atoms with Gasteiger partial charge in [-0.25, -0.2) is 10.4 Å². The average molecular weight is 479 g/mol. The maximum atomic E-state index is 12.1. The first-order valence-corrected chi connectivity index (χ1v) is 10.1. The zero-order chi connectivity index (χ0) is 25.4. The van der Waals surface area contributed by atoms with Gasteiger partial charge in [-0.3, -0.25) is 14.9 Å². The van der Waals surface area contributed by atoms with E-state index >= 15 is 0 Å². The summed E-state index contributed by atoms with van der Waals surface area (Å²) >= 11 is 0. The Hall–Kier alpha value is -4.76. The molecule has 0 aliphatic heterocycles. The number of nitriles is 1. The molecule has 2 heterocycles. The van der Waals surface area contributed by atoms with Crippen LogP contribution in [0, 0.1) is 28.4 Å². The first kappa shape index (κ1) is 24.9. The van der Waals surface area contributed by atoms with Gasteiger partial charge >= 0.3 is 0 Å². The number of nitrogens with zero attached hydrogens (tertiary/aromatic N) is 4. The Morgan fingerprint density at radius 2 is 2.11 bits per heavy atom. The van der Waals surface area contributed by atoms with E-state index in [1.165, 1.54) is 38.6 Å². The molecule has 0 saturated heterocycles. The highest BCUT2D eigenvalue weighted by Crippen LogP contribution is 2.34. The molecule has 2 aromatic heterocycles. The summed E-state index contributed by atoms with van der Waals surface area (Å²) in [6.45, 7) is 1.51. The van der Waals surface area contributed by atoms with Crippen molar-refractivity contribution in [2.45, 2.75) is 13.5 Å². The Kier molecular flexibility index (Phi) is 8.10. The smallest absolute Gasteiger partial charge is 0.278 e. The van der Waals surface area contributed by atoms with Crippen LogP contribution in [0.3, 0.4) is 0 Å². The molecule has 180 valence electrons. The lowest BCUT2D eigenvalue weighted by molar-refractivity contribution is -0.384. The van der Waals surface area contributed by atoms with Gasteiger partial charge in [-0.2, -0.15) is 10.4 Å². The predicted molar refractivity (Wildman–Crippen MR) is 123 cm³/mol. The molecule has 12 heteroatoms. The van der Waals surface area contributed by atoms with Gasteiger partial charge in [0.15, 0.2) is 6.61 Å². The molecular weight excluding hydrogens is 458 g/mol. The Balaban J connectivity index is 1.64. The second kappa shape index (κ2) is 11.4. The van der Waals surface area contributed by atoms with E-state index in [0.29, 0.717) is 28.3 Å². The molecule has 0 spiro atoms. The number of amides is 1. The Bertz CT molecular complexity index is 1310. The predicted octanol–water partition coefficient (Wildman–Crippen LogP) is 3.11. The normalized spacial score (nSPS) is 10.7. The fourth-order valence-electron chi connectivity index (χ4n) is 3.11. The van der Waals surface area contributed by atoms with Gasteiger partial charge < -0.3 is 18.6 Å². The maximum Gasteiger partial charge on any atom is 0.278 e. The van der Waals surface area contributed by atoms with Crippen LogP contribution in [0.25, 0.3) is 11.3 Å². The van der Waals surface area contributed by atoms with Gasteiger partial charge in [-0.05, 0) is 31.2 Å². The number of rotatable bonds is 10. The molecule has 3 aromatic rings. The second-order valence-electron chi connectivity index (χ2n) is 7.07. The number of nitrogens with one attached hydrogen (secondary N) is 1. The van der Waals surface area contributed by atoms with E-state index in [2.05, 4.69) is 15.5 Å². The number of carbonyl (C=O) groups excluding carboxylic acids is 1. The summed E-state index contributed by atoms with van der Waals surface area (Å²) in [6.07, 6.45) is 1.26. The van der Waals surface area contributed by atoms with E-state index in [-0.39, 0.29) is 29.5 Å². The van der Waals surface area contributed by atoms with Gasteiger partial charge in [0, 0.05) is 30.5 Å². The minimum atomic E-state index is -0.589. The average Bonchev–Trinajstić information content (AvgIpc) is 3.31. The summed E-state index contributed by atoms with van der Waals surface area (Å²) in [5.41, 5.74) is 3.96. The fourth-order valence-corrected chi connectivity index (χ4v) is 3.11. The zero-order valence-electron chi connectivity index (χ0n) is 19.1. The third-order valence-electron chi connectivity index (χ3n) is 4.61. The Morgan fingerprint density at radius 3 is 2.80 bits per heavy atom. The minimum Gasteiger partial charge on any atom is -0.496 e. The first-order valence-electron chi connectivity index (χ1n) is 10.1. The quantitative estimate of drug-likeness (QED) is 0.261. The number of hydrogen-bond acceptors (Lipinski definition) is 10. The van der Waals surface area contributed by atoms with Crippen LogP contribution in [0.1, 0.15) is 22.6 Å². The van der Waals surface area contributed by atoms with E-state index in [4.69, 9.17) is 18.6 Å². The largest absolute Gasteiger partial charge is 0.496 e. The van der Waals surface area contributed by atoms with Crippen LogP contribution in [0.2, 0.25) is 0 Å². The van der Waals surface area contributed by atoms with Crippen LogP contribution in [-0.4, -0.2) is 42.9 Å². The SMILES string of the molecule is COCc1cc(C)nc(OCC(=O)N/N=C\c2ccc(-c3cc([N+](=O)[O-])ccc3OC)o2)c1C#N. The number of non-ortho nitro benzene ring substituents is 1. The highest BCUT2D eigenvalue weighted by atomic mass is 16.6. The third kappa shape index (κ3) is 6.18. The van der Waals surface area contributed by atoms with Gasteiger partial charge in [0.05, 0.1) is 30.4 Å². The van der Waals surface area contributed by atoms with E-state index < -0.39 is 17.4 Å². The van der Waals surface area contributed by atoms with Gasteiger partial charge in [0.1, 0.15) is 28.9 Å². The van der Waals surface area contributed by atoms with Gasteiger partial charge in [-0.1, -0.05) is 0 Å². The van der Waals surface area contributed by atoms with Crippen molar-refractivity contribution in [3.8, 4) is 29.0 Å². The standard InChI is InChI=1S/C23H21N5O7/c1-14-8-15(12-32-2)19(10-24)23(26-14)34-13-22(29)27-25-11-17-5-7-21(35-17)18-9-16(28(30)31)4-6-20(18)33-3/h4-9,11H,12-13H2,1-3H3,(H,27,29)/b25-11-. The van der Waals surface area contributed by atoms with Crippen LogP contribution in [0.4, 0.5) is 5.69 Å². The summed E-state index contributed by atoms with van der Waals surface area (Å²) in [6, 6.07) is 11.0. The molecular formula is C23H21N5O7. The number of ether oxygens (including phenoxy) is 3. The van der Waals surface area contributed by atoms with Crippen molar-refractivity contribution in [2.24, 2.45) is 5.10 Å². The molecule has 0 radical (unpaired) electrons. The van der Waals surface area contributed by atoms with Crippen LogP contribution < -0.4 is 14.9 Å². The molecule has 0 atom stereocenters. The number of hydrazone groups is 1. The van der Waals surface area contributed by atoms with E-state index in [1.54, 1.807) is 25.1 Å². The highest BCUT2D eigenvalue weighted by Gasteiger charge is 2.16. The molecule has 0 bridgehead atoms. The van der Waals surface area contributed by atoms with Crippen molar-refractivity contribution >= 4 is 17.8 Å². The van der Waals surface area contributed by atoms with Crippen molar-refractivity contribution in [3.63, 3.8) is 0 Å². The van der Waals surface area contributed by atoms with Gasteiger partial charge in [0.2, 0.25) is 5.88 Å². The Labute approximate surface area is 199 Å². The zero-order valence-corrected chi connectivity index (χ0v) is 19.1. The number of nitro benzene ring substituents is 1. The van der Waals surface area contributed by atoms with Gasteiger partial charge in [-0.15, -0.1) is 0 Å². The van der Waals surface area contributed by atoms with E-state index in [1.807, 2.05) is 6.07 Å². The lowest BCUT2D eigenvalue weighted by Gasteiger charge is -2.10. The number of nitro groups is 1. The van der Waals surface area contributed by atoms with E-state index in [9.17, 15) is 20.2 Å². The summed E-state index contributed by atoms with van der Waals surface area (Å²) in [5.74, 6) is 0.442. The lowest BCUT2D eigenvalue weighted by Crippen LogP contribution is -2.25. The molecule has 0 saturated carbocycles. The molecule has 0 aliphatic rings. The number of furan rings is 1. The number of carbonyl (C=O) groups is 1. The highest BCUT2D eigenvalue weighted by molar-refractivity contribution is 5.82. The van der Waals surface area contributed by atoms with Crippen molar-refractivity contribution in [1.29, 1.82) is 5.26 Å². The second-order valence-corrected chi connectivity index (χ2v) is 7.07. The monoisotopic (exact) mass is 479 g/mol. The number of aromatic nitrogens is 1. The van der Waals surface area contributed by atoms with Crippen LogP contribution in [0.5, 0.6) is 11.6 Å². The maximum absolute atomic E-state index is 12.1. The summed E-state index contributed by atoms with van der Waals surface area (Å²) in [7, 11) is 2.95. The number of hydrogen-bond donors (Lipinski definition) is 1. The molecule has 1 N–H and O–H groups in total. The van der Waals surface area contributed by atoms with Gasteiger partial charge in [0.25, 0.3) is 11.6 Å². The summed E-state index contributed by atoms with van der Waals surface area (Å²) in [5, 5.41) is 24.3. The van der Waals surface area contributed by atoms with E-state index in [0.717, 1.165) is 0 Å². The van der Waals surface area contributed by atoms with Crippen LogP contribution in [-0.2, 0) is 16.1 Å². The first-order chi connectivity index (χ1) is 16.9. The molecule has 35 heavy (non-hydrogen) atoms. The molecule has 3 rings (SSSR count). The molecule has 12 nitrogen and oxygen atoms in total. The minimum absolute atomic E-state index is 0.0280. The lowest BCUT2D eigenvalue weighted by atomic mass is 10.1. The number of methoxy groups -OCH3 is 2. The molecule has 0 fully saturated rings. The van der Waals surface area contributed by atoms with Crippen LogP contribution >= 0.6 is 0 Å². The number of pyridine rings is 1. The number of aryl methyl sites for hydroxylation is 1. The van der Waals surface area contributed by atoms with Crippen molar-refractivity contribution in [1.82, 2.24) is 10.4 Å².